The molecule has 0 spiro atoms. The van der Waals surface area contributed by atoms with Crippen LogP contribution in [0.3, 0.4) is 0 Å². The van der Waals surface area contributed by atoms with Crippen LogP contribution in [0, 0.1) is 6.92 Å². The molecule has 1 rings (SSSR count). The Hall–Kier alpha value is -0.350. The molecule has 62 valence electrons. The number of aromatic nitrogens is 2. The van der Waals surface area contributed by atoms with E-state index in [2.05, 4.69) is 20.9 Å². The molecule has 3 nitrogen and oxygen atoms in total. The van der Waals surface area contributed by atoms with E-state index in [1.54, 1.807) is 0 Å². The summed E-state index contributed by atoms with van der Waals surface area (Å²) < 4.78 is 3.05. The molecule has 0 aliphatic rings. The molecular weight excluding hydrogens is 206 g/mol. The van der Waals surface area contributed by atoms with Crippen molar-refractivity contribution in [1.29, 1.82) is 0 Å². The van der Waals surface area contributed by atoms with Crippen molar-refractivity contribution in [2.24, 2.45) is 12.8 Å². The second kappa shape index (κ2) is 3.36. The first-order valence-corrected chi connectivity index (χ1v) is 4.34. The Balaban J connectivity index is 2.98. The van der Waals surface area contributed by atoms with Gasteiger partial charge in [-0.3, -0.25) is 0 Å². The molecule has 0 aromatic carbocycles. The highest BCUT2D eigenvalue weighted by Gasteiger charge is 2.07. The first-order chi connectivity index (χ1) is 5.16. The lowest BCUT2D eigenvalue weighted by Crippen LogP contribution is -2.03. The van der Waals surface area contributed by atoms with Crippen LogP contribution in [0.15, 0.2) is 4.60 Å². The van der Waals surface area contributed by atoms with Gasteiger partial charge in [-0.05, 0) is 29.4 Å². The summed E-state index contributed by atoms with van der Waals surface area (Å²) >= 11 is 3.45. The van der Waals surface area contributed by atoms with Crippen LogP contribution < -0.4 is 5.73 Å². The van der Waals surface area contributed by atoms with Gasteiger partial charge in [0.05, 0.1) is 5.69 Å². The SMILES string of the molecule is Cc1nc(CCN)c(Br)n1C. The molecule has 0 aliphatic heterocycles. The molecule has 0 saturated heterocycles. The Morgan fingerprint density at radius 1 is 1.64 bits per heavy atom. The van der Waals surface area contributed by atoms with Crippen molar-refractivity contribution >= 4 is 15.9 Å². The predicted molar refractivity (Wildman–Crippen MR) is 48.4 cm³/mol. The fourth-order valence-corrected chi connectivity index (χ4v) is 1.49. The molecule has 4 heteroatoms. The average Bonchev–Trinajstić information content (AvgIpc) is 2.19. The molecule has 0 fully saturated rings. The van der Waals surface area contributed by atoms with Crippen LogP contribution in [-0.2, 0) is 13.5 Å². The summed E-state index contributed by atoms with van der Waals surface area (Å²) in [6.07, 6.45) is 0.836. The van der Waals surface area contributed by atoms with E-state index >= 15 is 0 Å². The van der Waals surface area contributed by atoms with Crippen molar-refractivity contribution in [1.82, 2.24) is 9.55 Å². The second-order valence-corrected chi connectivity index (χ2v) is 3.25. The van der Waals surface area contributed by atoms with Crippen molar-refractivity contribution in [3.63, 3.8) is 0 Å². The fourth-order valence-electron chi connectivity index (χ4n) is 0.948. The van der Waals surface area contributed by atoms with Crippen LogP contribution in [0.4, 0.5) is 0 Å². The monoisotopic (exact) mass is 217 g/mol. The molecule has 0 aliphatic carbocycles. The summed E-state index contributed by atoms with van der Waals surface area (Å²) in [7, 11) is 1.98. The van der Waals surface area contributed by atoms with Crippen LogP contribution in [0.1, 0.15) is 11.5 Å². The first kappa shape index (κ1) is 8.74. The van der Waals surface area contributed by atoms with E-state index in [0.29, 0.717) is 6.54 Å². The number of hydrogen-bond donors (Lipinski definition) is 1. The molecule has 2 N–H and O–H groups in total. The summed E-state index contributed by atoms with van der Waals surface area (Å²) in [6.45, 7) is 2.62. The quantitative estimate of drug-likeness (QED) is 0.804. The molecule has 0 amide bonds. The minimum absolute atomic E-state index is 0.648. The number of halogens is 1. The summed E-state index contributed by atoms with van der Waals surface area (Å²) in [5, 5.41) is 0. The normalized spacial score (nSPS) is 10.5. The molecule has 11 heavy (non-hydrogen) atoms. The van der Waals surface area contributed by atoms with Crippen LogP contribution in [0.25, 0.3) is 0 Å². The van der Waals surface area contributed by atoms with Crippen molar-refractivity contribution in [2.75, 3.05) is 6.54 Å². The molecule has 1 heterocycles. The number of nitrogens with two attached hydrogens (primary N) is 1. The van der Waals surface area contributed by atoms with Gasteiger partial charge in [0.15, 0.2) is 0 Å². The maximum Gasteiger partial charge on any atom is 0.108 e. The zero-order valence-corrected chi connectivity index (χ0v) is 8.35. The highest BCUT2D eigenvalue weighted by molar-refractivity contribution is 9.10. The molecule has 0 radical (unpaired) electrons. The van der Waals surface area contributed by atoms with Gasteiger partial charge in [-0.15, -0.1) is 0 Å². The molecular formula is C7H12BrN3. The highest BCUT2D eigenvalue weighted by Crippen LogP contribution is 2.16. The molecule has 1 aromatic rings. The van der Waals surface area contributed by atoms with Crippen LogP contribution in [0.5, 0.6) is 0 Å². The van der Waals surface area contributed by atoms with Crippen LogP contribution in [-0.4, -0.2) is 16.1 Å². The smallest absolute Gasteiger partial charge is 0.108 e. The topological polar surface area (TPSA) is 43.8 Å². The van der Waals surface area contributed by atoms with E-state index in [1.807, 2.05) is 18.5 Å². The Labute approximate surface area is 74.7 Å². The average molecular weight is 218 g/mol. The van der Waals surface area contributed by atoms with Gasteiger partial charge in [0.1, 0.15) is 10.4 Å². The number of rotatable bonds is 2. The van der Waals surface area contributed by atoms with Crippen molar-refractivity contribution < 1.29 is 0 Å². The maximum absolute atomic E-state index is 5.42. The third kappa shape index (κ3) is 1.62. The molecule has 1 aromatic heterocycles. The van der Waals surface area contributed by atoms with E-state index in [9.17, 15) is 0 Å². The van der Waals surface area contributed by atoms with Gasteiger partial charge < -0.3 is 10.3 Å². The van der Waals surface area contributed by atoms with Crippen molar-refractivity contribution in [2.45, 2.75) is 13.3 Å². The van der Waals surface area contributed by atoms with E-state index in [0.717, 1.165) is 22.5 Å². The predicted octanol–water partition coefficient (Wildman–Crippen LogP) is 0.992. The van der Waals surface area contributed by atoms with Gasteiger partial charge in [0.25, 0.3) is 0 Å². The lowest BCUT2D eigenvalue weighted by molar-refractivity contribution is 0.838. The standard InChI is InChI=1S/C7H12BrN3/c1-5-10-6(3-4-9)7(8)11(5)2/h3-4,9H2,1-2H3. The molecule has 0 bridgehead atoms. The van der Waals surface area contributed by atoms with E-state index in [1.165, 1.54) is 0 Å². The first-order valence-electron chi connectivity index (χ1n) is 3.54. The van der Waals surface area contributed by atoms with Crippen LogP contribution in [0.2, 0.25) is 0 Å². The second-order valence-electron chi connectivity index (χ2n) is 2.49. The van der Waals surface area contributed by atoms with Gasteiger partial charge in [-0.25, -0.2) is 4.98 Å². The molecule has 0 saturated carbocycles. The lowest BCUT2D eigenvalue weighted by atomic mass is 10.3. The van der Waals surface area contributed by atoms with E-state index in [-0.39, 0.29) is 0 Å². The van der Waals surface area contributed by atoms with Gasteiger partial charge in [0.2, 0.25) is 0 Å². The van der Waals surface area contributed by atoms with Crippen molar-refractivity contribution in [3.8, 4) is 0 Å². The summed E-state index contributed by atoms with van der Waals surface area (Å²) in [5.74, 6) is 1.01. The lowest BCUT2D eigenvalue weighted by Gasteiger charge is -1.95. The molecule has 0 atom stereocenters. The van der Waals surface area contributed by atoms with Gasteiger partial charge in [-0.2, -0.15) is 0 Å². The number of aryl methyl sites for hydroxylation is 1. The third-order valence-corrected chi connectivity index (χ3v) is 2.69. The molecule has 0 unspecified atom stereocenters. The van der Waals surface area contributed by atoms with E-state index in [4.69, 9.17) is 5.73 Å². The van der Waals surface area contributed by atoms with Gasteiger partial charge >= 0.3 is 0 Å². The zero-order valence-electron chi connectivity index (χ0n) is 6.76. The van der Waals surface area contributed by atoms with E-state index < -0.39 is 0 Å². The number of hydrogen-bond acceptors (Lipinski definition) is 2. The summed E-state index contributed by atoms with van der Waals surface area (Å²) in [5.41, 5.74) is 6.47. The maximum atomic E-state index is 5.42. The highest BCUT2D eigenvalue weighted by atomic mass is 79.9. The minimum Gasteiger partial charge on any atom is -0.330 e. The number of imidazole rings is 1. The Morgan fingerprint density at radius 3 is 2.64 bits per heavy atom. The van der Waals surface area contributed by atoms with Crippen LogP contribution >= 0.6 is 15.9 Å². The van der Waals surface area contributed by atoms with Gasteiger partial charge in [-0.1, -0.05) is 0 Å². The number of nitrogens with zero attached hydrogens (tertiary/aromatic N) is 2. The minimum atomic E-state index is 0.648. The van der Waals surface area contributed by atoms with Crippen molar-refractivity contribution in [3.05, 3.63) is 16.1 Å². The summed E-state index contributed by atoms with van der Waals surface area (Å²) in [6, 6.07) is 0. The fraction of sp³-hybridized carbons (Fsp3) is 0.571. The Kier molecular flexibility index (Phi) is 2.67. The third-order valence-electron chi connectivity index (χ3n) is 1.70. The largest absolute Gasteiger partial charge is 0.330 e. The van der Waals surface area contributed by atoms with Gasteiger partial charge in [0, 0.05) is 13.5 Å². The summed E-state index contributed by atoms with van der Waals surface area (Å²) in [4.78, 5) is 4.34. The Morgan fingerprint density at radius 2 is 2.27 bits per heavy atom. The zero-order chi connectivity index (χ0) is 8.43. The Bertz CT molecular complexity index is 254.